The molecule has 3 aromatic rings. The van der Waals surface area contributed by atoms with Crippen LogP contribution in [0.2, 0.25) is 0 Å². The number of amides is 1. The van der Waals surface area contributed by atoms with E-state index >= 15 is 0 Å². The first kappa shape index (κ1) is 19.0. The van der Waals surface area contributed by atoms with E-state index in [4.69, 9.17) is 5.11 Å². The van der Waals surface area contributed by atoms with Crippen molar-refractivity contribution in [1.82, 2.24) is 0 Å². The third-order valence-corrected chi connectivity index (χ3v) is 3.93. The van der Waals surface area contributed by atoms with Crippen LogP contribution in [0.5, 0.6) is 0 Å². The molecule has 140 valence electrons. The number of nitrogens with one attached hydrogen (secondary N) is 1. The van der Waals surface area contributed by atoms with E-state index in [1.165, 1.54) is 36.4 Å². The third kappa shape index (κ3) is 4.67. The van der Waals surface area contributed by atoms with Gasteiger partial charge in [-0.1, -0.05) is 30.3 Å². The molecule has 0 aliphatic heterocycles. The zero-order valence-corrected chi connectivity index (χ0v) is 14.5. The highest BCUT2D eigenvalue weighted by Gasteiger charge is 2.14. The summed E-state index contributed by atoms with van der Waals surface area (Å²) in [5.74, 6) is -2.90. The number of halogens is 2. The molecule has 0 aliphatic carbocycles. The molecule has 0 aromatic heterocycles. The van der Waals surface area contributed by atoms with Crippen molar-refractivity contribution < 1.29 is 23.5 Å². The number of anilines is 1. The maximum absolute atomic E-state index is 14.2. The lowest BCUT2D eigenvalue weighted by molar-refractivity contribution is -0.131. The van der Waals surface area contributed by atoms with Crippen molar-refractivity contribution in [2.75, 3.05) is 5.32 Å². The van der Waals surface area contributed by atoms with Crippen LogP contribution in [0.4, 0.5) is 14.5 Å². The molecule has 0 heterocycles. The van der Waals surface area contributed by atoms with Crippen molar-refractivity contribution >= 4 is 23.6 Å². The molecule has 6 heteroatoms. The van der Waals surface area contributed by atoms with E-state index in [9.17, 15) is 18.4 Å². The van der Waals surface area contributed by atoms with Crippen LogP contribution in [0.1, 0.15) is 15.9 Å². The van der Waals surface area contributed by atoms with Gasteiger partial charge >= 0.3 is 5.97 Å². The monoisotopic (exact) mass is 379 g/mol. The topological polar surface area (TPSA) is 66.4 Å². The van der Waals surface area contributed by atoms with Gasteiger partial charge in [0, 0.05) is 11.8 Å². The molecule has 0 unspecified atom stereocenters. The molecular weight excluding hydrogens is 364 g/mol. The quantitative estimate of drug-likeness (QED) is 0.615. The lowest BCUT2D eigenvalue weighted by atomic mass is 10.0. The van der Waals surface area contributed by atoms with E-state index in [1.54, 1.807) is 30.3 Å². The summed E-state index contributed by atoms with van der Waals surface area (Å²) in [6.45, 7) is 0. The standard InChI is InChI=1S/C22H15F2NO3/c23-17-5-2-4-15(12-17)16-8-9-20(24)19(13-16)22(28)25-18-6-1-3-14(11-18)7-10-21(26)27/h1-13H,(H,25,28)(H,26,27)/b10-7+. The van der Waals surface area contributed by atoms with Crippen LogP contribution in [-0.4, -0.2) is 17.0 Å². The number of hydrogen-bond donors (Lipinski definition) is 2. The fourth-order valence-corrected chi connectivity index (χ4v) is 2.63. The summed E-state index contributed by atoms with van der Waals surface area (Å²) in [5.41, 5.74) is 1.79. The van der Waals surface area contributed by atoms with E-state index < -0.39 is 23.5 Å². The van der Waals surface area contributed by atoms with E-state index in [-0.39, 0.29) is 5.56 Å². The molecule has 4 nitrogen and oxygen atoms in total. The molecule has 0 saturated carbocycles. The Morgan fingerprint density at radius 3 is 2.39 bits per heavy atom. The molecule has 1 amide bonds. The molecule has 28 heavy (non-hydrogen) atoms. The normalized spacial score (nSPS) is 10.8. The van der Waals surface area contributed by atoms with Crippen LogP contribution >= 0.6 is 0 Å². The predicted molar refractivity (Wildman–Crippen MR) is 103 cm³/mol. The van der Waals surface area contributed by atoms with E-state index in [2.05, 4.69) is 5.32 Å². The van der Waals surface area contributed by atoms with Gasteiger partial charge in [-0.05, 0) is 59.2 Å². The number of aliphatic carboxylic acids is 1. The summed E-state index contributed by atoms with van der Waals surface area (Å²) in [6, 6.07) is 16.2. The SMILES string of the molecule is O=C(O)/C=C/c1cccc(NC(=O)c2cc(-c3cccc(F)c3)ccc2F)c1. The molecule has 0 saturated heterocycles. The van der Waals surface area contributed by atoms with Crippen molar-refractivity contribution in [1.29, 1.82) is 0 Å². The van der Waals surface area contributed by atoms with Crippen molar-refractivity contribution in [3.8, 4) is 11.1 Å². The largest absolute Gasteiger partial charge is 0.478 e. The Morgan fingerprint density at radius 1 is 0.893 bits per heavy atom. The lowest BCUT2D eigenvalue weighted by Gasteiger charge is -2.09. The minimum absolute atomic E-state index is 0.187. The highest BCUT2D eigenvalue weighted by molar-refractivity contribution is 6.05. The summed E-state index contributed by atoms with van der Waals surface area (Å²) in [4.78, 5) is 23.1. The van der Waals surface area contributed by atoms with Gasteiger partial charge in [-0.25, -0.2) is 13.6 Å². The summed E-state index contributed by atoms with van der Waals surface area (Å²) >= 11 is 0. The Labute approximate surface area is 159 Å². The van der Waals surface area contributed by atoms with Gasteiger partial charge in [0.1, 0.15) is 11.6 Å². The zero-order valence-electron chi connectivity index (χ0n) is 14.5. The predicted octanol–water partition coefficient (Wildman–Crippen LogP) is 4.98. The molecule has 0 spiro atoms. The van der Waals surface area contributed by atoms with E-state index in [0.717, 1.165) is 12.1 Å². The maximum atomic E-state index is 14.2. The second kappa shape index (κ2) is 8.26. The van der Waals surface area contributed by atoms with Gasteiger partial charge in [0.25, 0.3) is 5.91 Å². The molecule has 0 atom stereocenters. The molecule has 0 fully saturated rings. The minimum atomic E-state index is -1.09. The van der Waals surface area contributed by atoms with Crippen LogP contribution in [0.25, 0.3) is 17.2 Å². The number of rotatable bonds is 5. The van der Waals surface area contributed by atoms with Gasteiger partial charge in [-0.3, -0.25) is 4.79 Å². The maximum Gasteiger partial charge on any atom is 0.328 e. The fraction of sp³-hybridized carbons (Fsp3) is 0. The number of carbonyl (C=O) groups is 2. The number of carboxylic acids is 1. The summed E-state index contributed by atoms with van der Waals surface area (Å²) in [5, 5.41) is 11.3. The van der Waals surface area contributed by atoms with Gasteiger partial charge in [0.2, 0.25) is 0 Å². The molecule has 0 bridgehead atoms. The third-order valence-electron chi connectivity index (χ3n) is 3.93. The van der Waals surface area contributed by atoms with Crippen molar-refractivity contribution in [2.45, 2.75) is 0 Å². The van der Waals surface area contributed by atoms with Gasteiger partial charge in [0.05, 0.1) is 5.56 Å². The van der Waals surface area contributed by atoms with Crippen LogP contribution in [0.15, 0.2) is 72.8 Å². The molecule has 0 aliphatic rings. The number of carboxylic acid groups (broad SMARTS) is 1. The average molecular weight is 379 g/mol. The Balaban J connectivity index is 1.86. The zero-order chi connectivity index (χ0) is 20.1. The summed E-state index contributed by atoms with van der Waals surface area (Å²) in [6.07, 6.45) is 2.35. The van der Waals surface area contributed by atoms with Crippen LogP contribution in [0.3, 0.4) is 0 Å². The smallest absolute Gasteiger partial charge is 0.328 e. The Hall–Kier alpha value is -3.80. The number of benzene rings is 3. The summed E-state index contributed by atoms with van der Waals surface area (Å²) in [7, 11) is 0. The van der Waals surface area contributed by atoms with Crippen molar-refractivity contribution in [3.05, 3.63) is 95.6 Å². The molecule has 3 rings (SSSR count). The van der Waals surface area contributed by atoms with Crippen molar-refractivity contribution in [3.63, 3.8) is 0 Å². The van der Waals surface area contributed by atoms with Gasteiger partial charge in [0.15, 0.2) is 0 Å². The second-order valence-corrected chi connectivity index (χ2v) is 5.96. The molecule has 3 aromatic carbocycles. The van der Waals surface area contributed by atoms with Crippen LogP contribution in [0, 0.1) is 11.6 Å². The minimum Gasteiger partial charge on any atom is -0.478 e. The highest BCUT2D eigenvalue weighted by Crippen LogP contribution is 2.24. The molecular formula is C22H15F2NO3. The van der Waals surface area contributed by atoms with Gasteiger partial charge in [-0.15, -0.1) is 0 Å². The number of hydrogen-bond acceptors (Lipinski definition) is 2. The Morgan fingerprint density at radius 2 is 1.64 bits per heavy atom. The first-order chi connectivity index (χ1) is 13.4. The fourth-order valence-electron chi connectivity index (χ4n) is 2.63. The molecule has 2 N–H and O–H groups in total. The number of carbonyl (C=O) groups excluding carboxylic acids is 1. The van der Waals surface area contributed by atoms with Gasteiger partial charge < -0.3 is 10.4 Å². The average Bonchev–Trinajstić information content (AvgIpc) is 2.67. The van der Waals surface area contributed by atoms with Crippen LogP contribution < -0.4 is 5.32 Å². The summed E-state index contributed by atoms with van der Waals surface area (Å²) < 4.78 is 27.6. The highest BCUT2D eigenvalue weighted by atomic mass is 19.1. The van der Waals surface area contributed by atoms with Gasteiger partial charge in [-0.2, -0.15) is 0 Å². The Kier molecular flexibility index (Phi) is 5.60. The van der Waals surface area contributed by atoms with Crippen molar-refractivity contribution in [2.24, 2.45) is 0 Å². The first-order valence-electron chi connectivity index (χ1n) is 8.30. The first-order valence-corrected chi connectivity index (χ1v) is 8.30. The van der Waals surface area contributed by atoms with Crippen LogP contribution in [-0.2, 0) is 4.79 Å². The molecule has 0 radical (unpaired) electrons. The van der Waals surface area contributed by atoms with E-state index in [1.807, 2.05) is 0 Å². The Bertz CT molecular complexity index is 1080. The lowest BCUT2D eigenvalue weighted by Crippen LogP contribution is -2.14. The second-order valence-electron chi connectivity index (χ2n) is 5.96. The van der Waals surface area contributed by atoms with E-state index in [0.29, 0.717) is 22.4 Å².